The lowest BCUT2D eigenvalue weighted by Crippen LogP contribution is -2.18. The average Bonchev–Trinajstić information content (AvgIpc) is 3.17. The molecule has 148 valence electrons. The third kappa shape index (κ3) is 3.52. The molecule has 0 saturated heterocycles. The number of esters is 1. The molecule has 0 aromatic carbocycles. The fourth-order valence-electron chi connectivity index (χ4n) is 2.53. The molecule has 0 atom stereocenters. The number of nitrogens with one attached hydrogen (secondary N) is 1. The van der Waals surface area contributed by atoms with E-state index in [0.29, 0.717) is 4.52 Å². The Morgan fingerprint density at radius 3 is 2.64 bits per heavy atom. The van der Waals surface area contributed by atoms with Crippen LogP contribution in [0.3, 0.4) is 0 Å². The van der Waals surface area contributed by atoms with E-state index in [2.05, 4.69) is 20.5 Å². The Morgan fingerprint density at radius 1 is 1.29 bits per heavy atom. The quantitative estimate of drug-likeness (QED) is 0.679. The van der Waals surface area contributed by atoms with Gasteiger partial charge in [-0.15, -0.1) is 0 Å². The molecule has 0 aliphatic heterocycles. The lowest BCUT2D eigenvalue weighted by molar-refractivity contribution is -0.142. The van der Waals surface area contributed by atoms with E-state index in [1.54, 1.807) is 6.92 Å². The number of aromatic nitrogens is 5. The van der Waals surface area contributed by atoms with Crippen LogP contribution in [-0.4, -0.2) is 42.9 Å². The van der Waals surface area contributed by atoms with Crippen LogP contribution in [0.2, 0.25) is 0 Å². The Labute approximate surface area is 156 Å². The fourth-order valence-corrected chi connectivity index (χ4v) is 2.53. The fraction of sp³-hybridized carbons (Fsp3) is 0.312. The molecule has 12 heteroatoms. The summed E-state index contributed by atoms with van der Waals surface area (Å²) in [7, 11) is 1.48. The minimum absolute atomic E-state index is 0.00594. The Bertz CT molecular complexity index is 1070. The largest absolute Gasteiger partial charge is 0.462 e. The van der Waals surface area contributed by atoms with Crippen molar-refractivity contribution >= 4 is 23.3 Å². The molecule has 1 amide bonds. The highest BCUT2D eigenvalue weighted by Gasteiger charge is 2.35. The number of rotatable bonds is 4. The van der Waals surface area contributed by atoms with Crippen LogP contribution in [0.4, 0.5) is 19.0 Å². The first-order chi connectivity index (χ1) is 13.1. The molecule has 0 radical (unpaired) electrons. The van der Waals surface area contributed by atoms with Gasteiger partial charge in [0, 0.05) is 18.8 Å². The van der Waals surface area contributed by atoms with E-state index in [0.717, 1.165) is 12.1 Å². The van der Waals surface area contributed by atoms with Crippen molar-refractivity contribution in [2.75, 3.05) is 11.9 Å². The Balaban J connectivity index is 1.98. The molecule has 0 fully saturated rings. The monoisotopic (exact) mass is 396 g/mol. The molecule has 0 aliphatic carbocycles. The molecule has 0 unspecified atom stereocenters. The number of anilines is 1. The number of carbonyl (C=O) groups excluding carboxylic acids is 2. The van der Waals surface area contributed by atoms with Gasteiger partial charge in [-0.05, 0) is 19.9 Å². The molecular formula is C16H15F3N6O3. The summed E-state index contributed by atoms with van der Waals surface area (Å²) in [5.41, 5.74) is -1.36. The van der Waals surface area contributed by atoms with E-state index in [9.17, 15) is 22.8 Å². The van der Waals surface area contributed by atoms with E-state index in [4.69, 9.17) is 4.74 Å². The molecule has 3 aromatic heterocycles. The summed E-state index contributed by atoms with van der Waals surface area (Å²) in [5.74, 6) is -1.50. The summed E-state index contributed by atoms with van der Waals surface area (Å²) in [6, 6.07) is 1.96. The molecule has 9 nitrogen and oxygen atoms in total. The number of alkyl halides is 3. The van der Waals surface area contributed by atoms with Crippen LogP contribution in [-0.2, 0) is 18.0 Å². The second-order valence-corrected chi connectivity index (χ2v) is 5.79. The summed E-state index contributed by atoms with van der Waals surface area (Å²) < 4.78 is 46.3. The van der Waals surface area contributed by atoms with Gasteiger partial charge in [-0.3, -0.25) is 9.48 Å². The first kappa shape index (κ1) is 19.3. The standard InChI is InChI=1S/C16H15F3N6O3/c1-4-28-15(27)9-7-20-24(3)13(9)22-14(26)10-6-12-21-8(2)5-11(16(17,18)19)25(12)23-10/h5-7H,4H2,1-3H3,(H,22,26). The highest BCUT2D eigenvalue weighted by molar-refractivity contribution is 6.06. The predicted octanol–water partition coefficient (Wildman–Crippen LogP) is 2.22. The molecule has 1 N–H and O–H groups in total. The van der Waals surface area contributed by atoms with Gasteiger partial charge in [0.15, 0.2) is 11.3 Å². The average molecular weight is 396 g/mol. The lowest BCUT2D eigenvalue weighted by Gasteiger charge is -2.09. The highest BCUT2D eigenvalue weighted by atomic mass is 19.4. The van der Waals surface area contributed by atoms with Gasteiger partial charge in [0.2, 0.25) is 0 Å². The Hall–Kier alpha value is -3.44. The lowest BCUT2D eigenvalue weighted by atomic mass is 10.3. The molecule has 0 spiro atoms. The van der Waals surface area contributed by atoms with Crippen LogP contribution in [0.25, 0.3) is 5.65 Å². The summed E-state index contributed by atoms with van der Waals surface area (Å²) >= 11 is 0. The van der Waals surface area contributed by atoms with E-state index in [1.165, 1.54) is 24.9 Å². The van der Waals surface area contributed by atoms with E-state index in [1.807, 2.05) is 0 Å². The first-order valence-corrected chi connectivity index (χ1v) is 8.07. The van der Waals surface area contributed by atoms with Crippen molar-refractivity contribution in [1.82, 2.24) is 24.4 Å². The first-order valence-electron chi connectivity index (χ1n) is 8.07. The minimum Gasteiger partial charge on any atom is -0.462 e. The van der Waals surface area contributed by atoms with Crippen LogP contribution < -0.4 is 5.32 Å². The summed E-state index contributed by atoms with van der Waals surface area (Å²) in [6.45, 7) is 3.15. The van der Waals surface area contributed by atoms with Crippen LogP contribution in [0.5, 0.6) is 0 Å². The van der Waals surface area contributed by atoms with E-state index in [-0.39, 0.29) is 35.0 Å². The number of carbonyl (C=O) groups is 2. The van der Waals surface area contributed by atoms with Gasteiger partial charge in [0.05, 0.1) is 12.8 Å². The van der Waals surface area contributed by atoms with Crippen molar-refractivity contribution in [3.05, 3.63) is 41.0 Å². The number of nitrogens with zero attached hydrogens (tertiary/aromatic N) is 5. The van der Waals surface area contributed by atoms with Crippen LogP contribution in [0.1, 0.15) is 39.2 Å². The maximum absolute atomic E-state index is 13.2. The van der Waals surface area contributed by atoms with Gasteiger partial charge in [-0.2, -0.15) is 23.4 Å². The third-order valence-corrected chi connectivity index (χ3v) is 3.74. The number of amides is 1. The zero-order valence-electron chi connectivity index (χ0n) is 15.0. The van der Waals surface area contributed by atoms with Crippen LogP contribution in [0.15, 0.2) is 18.3 Å². The van der Waals surface area contributed by atoms with Crippen molar-refractivity contribution in [2.24, 2.45) is 7.05 Å². The number of ether oxygens (including phenoxy) is 1. The van der Waals surface area contributed by atoms with Crippen molar-refractivity contribution in [3.63, 3.8) is 0 Å². The smallest absolute Gasteiger partial charge is 0.433 e. The van der Waals surface area contributed by atoms with Crippen molar-refractivity contribution in [2.45, 2.75) is 20.0 Å². The van der Waals surface area contributed by atoms with Crippen molar-refractivity contribution in [1.29, 1.82) is 0 Å². The number of halogens is 3. The predicted molar refractivity (Wildman–Crippen MR) is 89.8 cm³/mol. The Morgan fingerprint density at radius 2 is 2.00 bits per heavy atom. The van der Waals surface area contributed by atoms with Gasteiger partial charge in [-0.1, -0.05) is 0 Å². The number of fused-ring (bicyclic) bond motifs is 1. The number of aryl methyl sites for hydroxylation is 2. The zero-order chi connectivity index (χ0) is 20.6. The summed E-state index contributed by atoms with van der Waals surface area (Å²) in [5, 5.41) is 10.0. The van der Waals surface area contributed by atoms with Crippen molar-refractivity contribution in [3.8, 4) is 0 Å². The highest BCUT2D eigenvalue weighted by Crippen LogP contribution is 2.30. The van der Waals surface area contributed by atoms with Gasteiger partial charge in [0.25, 0.3) is 5.91 Å². The molecule has 28 heavy (non-hydrogen) atoms. The maximum atomic E-state index is 13.2. The molecule has 3 rings (SSSR count). The molecule has 3 aromatic rings. The van der Waals surface area contributed by atoms with Crippen LogP contribution >= 0.6 is 0 Å². The van der Waals surface area contributed by atoms with E-state index < -0.39 is 23.7 Å². The third-order valence-electron chi connectivity index (χ3n) is 3.74. The van der Waals surface area contributed by atoms with Crippen LogP contribution in [0, 0.1) is 6.92 Å². The number of hydrogen-bond donors (Lipinski definition) is 1. The molecular weight excluding hydrogens is 381 g/mol. The normalized spacial score (nSPS) is 11.6. The SMILES string of the molecule is CCOC(=O)c1cnn(C)c1NC(=O)c1cc2nc(C)cc(C(F)(F)F)n2n1. The maximum Gasteiger partial charge on any atom is 0.433 e. The molecule has 0 bridgehead atoms. The van der Waals surface area contributed by atoms with Gasteiger partial charge >= 0.3 is 12.1 Å². The Kier molecular flexibility index (Phi) is 4.79. The molecule has 0 saturated carbocycles. The second-order valence-electron chi connectivity index (χ2n) is 5.79. The van der Waals surface area contributed by atoms with E-state index >= 15 is 0 Å². The second kappa shape index (κ2) is 6.94. The summed E-state index contributed by atoms with van der Waals surface area (Å²) in [6.07, 6.45) is -3.46. The molecule has 3 heterocycles. The summed E-state index contributed by atoms with van der Waals surface area (Å²) in [4.78, 5) is 28.4. The van der Waals surface area contributed by atoms with Gasteiger partial charge in [0.1, 0.15) is 17.1 Å². The molecule has 0 aliphatic rings. The van der Waals surface area contributed by atoms with Crippen molar-refractivity contribution < 1.29 is 27.5 Å². The zero-order valence-corrected chi connectivity index (χ0v) is 15.0. The topological polar surface area (TPSA) is 103 Å². The van der Waals surface area contributed by atoms with Gasteiger partial charge in [-0.25, -0.2) is 14.3 Å². The minimum atomic E-state index is -4.68. The number of hydrogen-bond acceptors (Lipinski definition) is 6. The van der Waals surface area contributed by atoms with Gasteiger partial charge < -0.3 is 10.1 Å².